The Morgan fingerprint density at radius 1 is 1.15 bits per heavy atom. The first kappa shape index (κ1) is 18.0. The maximum atomic E-state index is 12.2. The summed E-state index contributed by atoms with van der Waals surface area (Å²) in [5.41, 5.74) is 2.74. The van der Waals surface area contributed by atoms with E-state index >= 15 is 0 Å². The Bertz CT molecular complexity index is 878. The zero-order chi connectivity index (χ0) is 18.4. The normalized spacial score (nSPS) is 10.5. The minimum Gasteiger partial charge on any atom is -0.497 e. The van der Waals surface area contributed by atoms with Crippen molar-refractivity contribution in [2.24, 2.45) is 0 Å². The molecule has 0 aliphatic heterocycles. The maximum Gasteiger partial charge on any atom is 0.277 e. The second-order valence-corrected chi connectivity index (χ2v) is 6.38. The van der Waals surface area contributed by atoms with Gasteiger partial charge in [-0.05, 0) is 42.3 Å². The van der Waals surface area contributed by atoms with Crippen LogP contribution in [-0.2, 0) is 11.2 Å². The van der Waals surface area contributed by atoms with E-state index in [0.717, 1.165) is 29.0 Å². The average molecular weight is 369 g/mol. The lowest BCUT2D eigenvalue weighted by molar-refractivity contribution is -0.113. The summed E-state index contributed by atoms with van der Waals surface area (Å²) in [6, 6.07) is 15.1. The lowest BCUT2D eigenvalue weighted by Gasteiger charge is -2.08. The van der Waals surface area contributed by atoms with Gasteiger partial charge in [-0.15, -0.1) is 10.2 Å². The second kappa shape index (κ2) is 8.53. The van der Waals surface area contributed by atoms with Crippen molar-refractivity contribution in [3.63, 3.8) is 0 Å². The predicted octanol–water partition coefficient (Wildman–Crippen LogP) is 4.04. The molecular formula is C19H19N3O3S. The van der Waals surface area contributed by atoms with Crippen LogP contribution in [0, 0.1) is 0 Å². The summed E-state index contributed by atoms with van der Waals surface area (Å²) in [6.07, 6.45) is 0.860. The van der Waals surface area contributed by atoms with Crippen molar-refractivity contribution in [3.05, 3.63) is 54.1 Å². The number of carbonyl (C=O) groups is 1. The number of rotatable bonds is 7. The molecule has 1 N–H and O–H groups in total. The third kappa shape index (κ3) is 4.43. The van der Waals surface area contributed by atoms with Crippen molar-refractivity contribution in [1.29, 1.82) is 0 Å². The van der Waals surface area contributed by atoms with Crippen molar-refractivity contribution in [2.45, 2.75) is 18.6 Å². The first-order chi connectivity index (χ1) is 12.7. The van der Waals surface area contributed by atoms with Crippen LogP contribution in [0.1, 0.15) is 12.5 Å². The monoisotopic (exact) mass is 369 g/mol. The average Bonchev–Trinajstić information content (AvgIpc) is 3.16. The Hall–Kier alpha value is -2.80. The summed E-state index contributed by atoms with van der Waals surface area (Å²) in [4.78, 5) is 12.2. The van der Waals surface area contributed by atoms with Gasteiger partial charge in [0, 0.05) is 11.3 Å². The maximum absolute atomic E-state index is 12.2. The van der Waals surface area contributed by atoms with Gasteiger partial charge in [0.1, 0.15) is 5.75 Å². The van der Waals surface area contributed by atoms with E-state index in [1.165, 1.54) is 11.8 Å². The fraction of sp³-hybridized carbons (Fsp3) is 0.211. The van der Waals surface area contributed by atoms with E-state index < -0.39 is 0 Å². The number of nitrogens with zero attached hydrogens (tertiary/aromatic N) is 2. The Balaban J connectivity index is 1.58. The summed E-state index contributed by atoms with van der Waals surface area (Å²) >= 11 is 1.21. The zero-order valence-corrected chi connectivity index (χ0v) is 15.4. The van der Waals surface area contributed by atoms with Crippen LogP contribution in [0.3, 0.4) is 0 Å². The van der Waals surface area contributed by atoms with Crippen molar-refractivity contribution in [3.8, 4) is 17.2 Å². The summed E-state index contributed by atoms with van der Waals surface area (Å²) < 4.78 is 10.7. The van der Waals surface area contributed by atoms with E-state index in [-0.39, 0.29) is 11.7 Å². The van der Waals surface area contributed by atoms with E-state index in [2.05, 4.69) is 22.4 Å². The highest BCUT2D eigenvalue weighted by atomic mass is 32.2. The molecule has 0 saturated heterocycles. The largest absolute Gasteiger partial charge is 0.497 e. The molecule has 1 aromatic heterocycles. The quantitative estimate of drug-likeness (QED) is 0.634. The van der Waals surface area contributed by atoms with Gasteiger partial charge in [-0.3, -0.25) is 4.79 Å². The Morgan fingerprint density at radius 3 is 2.65 bits per heavy atom. The molecule has 0 saturated carbocycles. The zero-order valence-electron chi connectivity index (χ0n) is 14.6. The van der Waals surface area contributed by atoms with Crippen LogP contribution >= 0.6 is 11.8 Å². The van der Waals surface area contributed by atoms with E-state index in [0.29, 0.717) is 11.1 Å². The number of hydrogen-bond acceptors (Lipinski definition) is 6. The first-order valence-electron chi connectivity index (χ1n) is 8.18. The molecule has 0 spiro atoms. The minimum atomic E-state index is -0.111. The first-order valence-corrected chi connectivity index (χ1v) is 9.16. The van der Waals surface area contributed by atoms with Gasteiger partial charge in [0.25, 0.3) is 5.22 Å². The van der Waals surface area contributed by atoms with Crippen LogP contribution in [0.25, 0.3) is 11.5 Å². The smallest absolute Gasteiger partial charge is 0.277 e. The van der Waals surface area contributed by atoms with Crippen molar-refractivity contribution in [2.75, 3.05) is 18.2 Å². The number of amides is 1. The summed E-state index contributed by atoms with van der Waals surface area (Å²) in [5.74, 6) is 1.25. The Kier molecular flexibility index (Phi) is 5.91. The topological polar surface area (TPSA) is 77.2 Å². The van der Waals surface area contributed by atoms with Crippen LogP contribution in [0.2, 0.25) is 0 Å². The van der Waals surface area contributed by atoms with Gasteiger partial charge in [0.2, 0.25) is 11.8 Å². The third-order valence-electron chi connectivity index (χ3n) is 3.74. The van der Waals surface area contributed by atoms with Crippen LogP contribution in [0.15, 0.2) is 58.2 Å². The minimum absolute atomic E-state index is 0.111. The predicted molar refractivity (Wildman–Crippen MR) is 101 cm³/mol. The highest BCUT2D eigenvalue weighted by molar-refractivity contribution is 7.99. The van der Waals surface area contributed by atoms with Gasteiger partial charge in [0.15, 0.2) is 0 Å². The molecule has 26 heavy (non-hydrogen) atoms. The fourth-order valence-corrected chi connectivity index (χ4v) is 2.95. The van der Waals surface area contributed by atoms with Crippen LogP contribution < -0.4 is 10.1 Å². The van der Waals surface area contributed by atoms with Crippen molar-refractivity contribution >= 4 is 23.4 Å². The van der Waals surface area contributed by atoms with Gasteiger partial charge >= 0.3 is 0 Å². The molecule has 1 amide bonds. The molecule has 6 nitrogen and oxygen atoms in total. The molecule has 134 valence electrons. The summed E-state index contributed by atoms with van der Waals surface area (Å²) in [7, 11) is 1.61. The van der Waals surface area contributed by atoms with Gasteiger partial charge in [-0.2, -0.15) is 0 Å². The SMILES string of the molecule is CCc1ccccc1NC(=O)CSc1nnc(-c2ccc(OC)cc2)o1. The molecule has 0 radical (unpaired) electrons. The summed E-state index contributed by atoms with van der Waals surface area (Å²) in [5, 5.41) is 11.3. The van der Waals surface area contributed by atoms with E-state index in [1.54, 1.807) is 7.11 Å². The Labute approximate surface area is 156 Å². The van der Waals surface area contributed by atoms with Gasteiger partial charge < -0.3 is 14.5 Å². The fourth-order valence-electron chi connectivity index (χ4n) is 2.38. The molecule has 7 heteroatoms. The molecule has 3 rings (SSSR count). The Morgan fingerprint density at radius 2 is 1.92 bits per heavy atom. The third-order valence-corrected chi connectivity index (χ3v) is 4.56. The van der Waals surface area contributed by atoms with Crippen molar-refractivity contribution < 1.29 is 13.9 Å². The highest BCUT2D eigenvalue weighted by Crippen LogP contribution is 2.25. The molecule has 0 aliphatic rings. The van der Waals surface area contributed by atoms with Crippen LogP contribution in [0.5, 0.6) is 5.75 Å². The number of para-hydroxylation sites is 1. The molecule has 0 aliphatic carbocycles. The lowest BCUT2D eigenvalue weighted by atomic mass is 10.1. The summed E-state index contributed by atoms with van der Waals surface area (Å²) in [6.45, 7) is 2.05. The molecule has 0 fully saturated rings. The van der Waals surface area contributed by atoms with Crippen LogP contribution in [0.4, 0.5) is 5.69 Å². The number of thioether (sulfide) groups is 1. The molecule has 0 atom stereocenters. The van der Waals surface area contributed by atoms with E-state index in [9.17, 15) is 4.79 Å². The number of aromatic nitrogens is 2. The molecular weight excluding hydrogens is 350 g/mol. The van der Waals surface area contributed by atoms with Gasteiger partial charge in [-0.1, -0.05) is 36.9 Å². The van der Waals surface area contributed by atoms with Crippen LogP contribution in [-0.4, -0.2) is 29.0 Å². The second-order valence-electron chi connectivity index (χ2n) is 5.45. The van der Waals surface area contributed by atoms with Gasteiger partial charge in [-0.25, -0.2) is 0 Å². The van der Waals surface area contributed by atoms with Gasteiger partial charge in [0.05, 0.1) is 12.9 Å². The standard InChI is InChI=1S/C19H19N3O3S/c1-3-13-6-4-5-7-16(13)20-17(23)12-26-19-22-21-18(25-19)14-8-10-15(24-2)11-9-14/h4-11H,3,12H2,1-2H3,(H,20,23). The number of carbonyl (C=O) groups excluding carboxylic acids is 1. The molecule has 0 unspecified atom stereocenters. The highest BCUT2D eigenvalue weighted by Gasteiger charge is 2.12. The number of ether oxygens (including phenoxy) is 1. The van der Waals surface area contributed by atoms with Crippen molar-refractivity contribution in [1.82, 2.24) is 10.2 Å². The number of benzene rings is 2. The van der Waals surface area contributed by atoms with E-state index in [4.69, 9.17) is 9.15 Å². The molecule has 0 bridgehead atoms. The lowest BCUT2D eigenvalue weighted by Crippen LogP contribution is -2.15. The van der Waals surface area contributed by atoms with E-state index in [1.807, 2.05) is 48.5 Å². The molecule has 3 aromatic rings. The number of hydrogen-bond donors (Lipinski definition) is 1. The number of methoxy groups -OCH3 is 1. The molecule has 2 aromatic carbocycles. The number of aryl methyl sites for hydroxylation is 1. The number of anilines is 1. The molecule has 1 heterocycles. The number of nitrogens with one attached hydrogen (secondary N) is 1.